The Morgan fingerprint density at radius 3 is 2.79 bits per heavy atom. The van der Waals surface area contributed by atoms with Crippen LogP contribution in [0.25, 0.3) is 39.1 Å². The monoisotopic (exact) mass is 450 g/mol. The molecule has 0 saturated heterocycles. The molecule has 0 saturated carbocycles. The number of imidazole rings is 1. The number of rotatable bonds is 4. The van der Waals surface area contributed by atoms with Crippen molar-refractivity contribution in [3.05, 3.63) is 96.4 Å². The molecule has 0 unspecified atom stereocenters. The molecule has 3 N–H and O–H groups in total. The van der Waals surface area contributed by atoms with Crippen molar-refractivity contribution < 1.29 is 9.13 Å². The van der Waals surface area contributed by atoms with Gasteiger partial charge in [-0.15, -0.1) is 0 Å². The molecule has 0 bridgehead atoms. The third-order valence-electron chi connectivity index (χ3n) is 5.76. The van der Waals surface area contributed by atoms with E-state index in [9.17, 15) is 4.39 Å². The van der Waals surface area contributed by atoms with Crippen molar-refractivity contribution in [3.8, 4) is 28.4 Å². The van der Waals surface area contributed by atoms with Crippen LogP contribution in [0.3, 0.4) is 0 Å². The molecule has 0 radical (unpaired) electrons. The molecule has 0 spiro atoms. The van der Waals surface area contributed by atoms with Gasteiger partial charge in [0.15, 0.2) is 11.6 Å². The molecule has 4 heterocycles. The lowest BCUT2D eigenvalue weighted by Crippen LogP contribution is -1.93. The van der Waals surface area contributed by atoms with Crippen LogP contribution in [0.2, 0.25) is 0 Å². The lowest BCUT2D eigenvalue weighted by atomic mass is 10.0. The van der Waals surface area contributed by atoms with Gasteiger partial charge in [-0.2, -0.15) is 5.10 Å². The zero-order chi connectivity index (χ0) is 23.1. The SMILES string of the molecule is COc1cncc(-c2ccc3[nH]nc(-c4nc5c([nH]4)C(c4cccc(F)c4)=CC=CN5)c3c2)c1. The lowest BCUT2D eigenvalue weighted by molar-refractivity contribution is 0.413. The number of anilines is 1. The molecule has 2 aromatic carbocycles. The molecule has 7 nitrogen and oxygen atoms in total. The number of hydrogen-bond acceptors (Lipinski definition) is 5. The number of halogens is 1. The zero-order valence-electron chi connectivity index (χ0n) is 18.1. The summed E-state index contributed by atoms with van der Waals surface area (Å²) in [5, 5.41) is 11.7. The molecule has 1 aliphatic rings. The van der Waals surface area contributed by atoms with Crippen molar-refractivity contribution in [2.24, 2.45) is 0 Å². The van der Waals surface area contributed by atoms with Crippen LogP contribution in [0.4, 0.5) is 10.2 Å². The highest BCUT2D eigenvalue weighted by Crippen LogP contribution is 2.35. The van der Waals surface area contributed by atoms with Gasteiger partial charge >= 0.3 is 0 Å². The highest BCUT2D eigenvalue weighted by atomic mass is 19.1. The number of fused-ring (bicyclic) bond motifs is 2. The maximum atomic E-state index is 13.9. The van der Waals surface area contributed by atoms with E-state index >= 15 is 0 Å². The van der Waals surface area contributed by atoms with Crippen molar-refractivity contribution >= 4 is 22.3 Å². The van der Waals surface area contributed by atoms with Crippen molar-refractivity contribution in [3.63, 3.8) is 0 Å². The average Bonchev–Trinajstić information content (AvgIpc) is 3.42. The Morgan fingerprint density at radius 2 is 1.91 bits per heavy atom. The summed E-state index contributed by atoms with van der Waals surface area (Å²) in [5.74, 6) is 1.64. The number of pyridine rings is 1. The summed E-state index contributed by atoms with van der Waals surface area (Å²) in [6, 6.07) is 14.5. The minimum atomic E-state index is -0.293. The molecule has 166 valence electrons. The Kier molecular flexibility index (Phi) is 4.69. The number of allylic oxidation sites excluding steroid dienone is 2. The van der Waals surface area contributed by atoms with Gasteiger partial charge in [0, 0.05) is 28.9 Å². The Balaban J connectivity index is 1.45. The molecule has 5 aromatic rings. The summed E-state index contributed by atoms with van der Waals surface area (Å²) in [7, 11) is 1.62. The standard InChI is InChI=1S/C26H19FN6O/c1-34-19-11-17(13-28-14-19)15-7-8-22-21(12-15)24(33-32-22)26-30-23-20(6-3-9-29-25(23)31-26)16-4-2-5-18(27)10-16/h2-14,29H,1H3,(H,30,31)(H,32,33). The molecule has 6 rings (SSSR count). The maximum Gasteiger partial charge on any atom is 0.161 e. The molecule has 8 heteroatoms. The molecular weight excluding hydrogens is 431 g/mol. The van der Waals surface area contributed by atoms with E-state index in [2.05, 4.69) is 31.5 Å². The van der Waals surface area contributed by atoms with Gasteiger partial charge in [0.1, 0.15) is 17.3 Å². The summed E-state index contributed by atoms with van der Waals surface area (Å²) in [6.45, 7) is 0. The number of H-pyrrole nitrogens is 2. The molecule has 0 atom stereocenters. The summed E-state index contributed by atoms with van der Waals surface area (Å²) in [4.78, 5) is 12.4. The fraction of sp³-hybridized carbons (Fsp3) is 0.0385. The largest absolute Gasteiger partial charge is 0.495 e. The fourth-order valence-corrected chi connectivity index (χ4v) is 4.10. The molecule has 3 aromatic heterocycles. The number of hydrogen-bond donors (Lipinski definition) is 3. The van der Waals surface area contributed by atoms with E-state index in [1.54, 1.807) is 31.8 Å². The van der Waals surface area contributed by atoms with Gasteiger partial charge in [0.2, 0.25) is 0 Å². The first kappa shape index (κ1) is 19.9. The molecule has 0 fully saturated rings. The van der Waals surface area contributed by atoms with Gasteiger partial charge in [-0.05, 0) is 47.5 Å². The van der Waals surface area contributed by atoms with E-state index in [-0.39, 0.29) is 5.82 Å². The van der Waals surface area contributed by atoms with Crippen LogP contribution in [0.15, 0.2) is 79.3 Å². The topological polar surface area (TPSA) is 91.5 Å². The second-order valence-corrected chi connectivity index (χ2v) is 7.85. The molecule has 0 amide bonds. The minimum absolute atomic E-state index is 0.293. The first-order valence-corrected chi connectivity index (χ1v) is 10.7. The van der Waals surface area contributed by atoms with E-state index in [1.807, 2.05) is 36.4 Å². The highest BCUT2D eigenvalue weighted by Gasteiger charge is 2.20. The average molecular weight is 450 g/mol. The van der Waals surface area contributed by atoms with Crippen LogP contribution in [-0.4, -0.2) is 32.3 Å². The summed E-state index contributed by atoms with van der Waals surface area (Å²) >= 11 is 0. The van der Waals surface area contributed by atoms with Crippen LogP contribution in [-0.2, 0) is 0 Å². The van der Waals surface area contributed by atoms with Gasteiger partial charge in [-0.3, -0.25) is 10.1 Å². The summed E-state index contributed by atoms with van der Waals surface area (Å²) < 4.78 is 19.2. The number of nitrogens with zero attached hydrogens (tertiary/aromatic N) is 3. The van der Waals surface area contributed by atoms with Crippen LogP contribution in [0.5, 0.6) is 5.75 Å². The van der Waals surface area contributed by atoms with Gasteiger partial charge < -0.3 is 15.0 Å². The zero-order valence-corrected chi connectivity index (χ0v) is 18.1. The van der Waals surface area contributed by atoms with Crippen molar-refractivity contribution in [1.29, 1.82) is 0 Å². The number of aromatic amines is 2. The molecule has 1 aliphatic heterocycles. The number of ether oxygens (including phenoxy) is 1. The number of nitrogens with one attached hydrogen (secondary N) is 3. The van der Waals surface area contributed by atoms with Gasteiger partial charge in [-0.1, -0.05) is 24.3 Å². The Morgan fingerprint density at radius 1 is 0.971 bits per heavy atom. The van der Waals surface area contributed by atoms with Crippen LogP contribution in [0.1, 0.15) is 11.3 Å². The smallest absolute Gasteiger partial charge is 0.161 e. The third kappa shape index (κ3) is 3.41. The quantitative estimate of drug-likeness (QED) is 0.335. The van der Waals surface area contributed by atoms with Gasteiger partial charge in [0.25, 0.3) is 0 Å². The predicted octanol–water partition coefficient (Wildman–Crippen LogP) is 5.53. The van der Waals surface area contributed by atoms with Crippen LogP contribution >= 0.6 is 0 Å². The van der Waals surface area contributed by atoms with Crippen molar-refractivity contribution in [2.75, 3.05) is 12.4 Å². The van der Waals surface area contributed by atoms with Gasteiger partial charge in [0.05, 0.1) is 24.5 Å². The van der Waals surface area contributed by atoms with E-state index in [1.165, 1.54) is 12.1 Å². The Hall–Kier alpha value is -4.72. The molecule has 34 heavy (non-hydrogen) atoms. The maximum absolute atomic E-state index is 13.9. The second-order valence-electron chi connectivity index (χ2n) is 7.85. The number of benzene rings is 2. The van der Waals surface area contributed by atoms with Crippen molar-refractivity contribution in [1.82, 2.24) is 25.1 Å². The Labute approximate surface area is 194 Å². The summed E-state index contributed by atoms with van der Waals surface area (Å²) in [5.41, 5.74) is 5.83. The van der Waals surface area contributed by atoms with Crippen molar-refractivity contribution in [2.45, 2.75) is 0 Å². The molecule has 0 aliphatic carbocycles. The molecular formula is C26H19FN6O. The highest BCUT2D eigenvalue weighted by molar-refractivity contribution is 5.95. The first-order chi connectivity index (χ1) is 16.7. The lowest BCUT2D eigenvalue weighted by Gasteiger charge is -2.06. The summed E-state index contributed by atoms with van der Waals surface area (Å²) in [6.07, 6.45) is 9.06. The van der Waals surface area contributed by atoms with Crippen LogP contribution in [0, 0.1) is 5.82 Å². The van der Waals surface area contributed by atoms with E-state index in [0.717, 1.165) is 38.9 Å². The Bertz CT molecular complexity index is 1600. The van der Waals surface area contributed by atoms with Crippen LogP contribution < -0.4 is 10.1 Å². The van der Waals surface area contributed by atoms with E-state index in [4.69, 9.17) is 9.72 Å². The normalized spacial score (nSPS) is 12.7. The minimum Gasteiger partial charge on any atom is -0.495 e. The van der Waals surface area contributed by atoms with Gasteiger partial charge in [-0.25, -0.2) is 9.37 Å². The predicted molar refractivity (Wildman–Crippen MR) is 130 cm³/mol. The number of methoxy groups -OCH3 is 1. The first-order valence-electron chi connectivity index (χ1n) is 10.7. The van der Waals surface area contributed by atoms with E-state index < -0.39 is 0 Å². The fourth-order valence-electron chi connectivity index (χ4n) is 4.10. The number of aromatic nitrogens is 5. The third-order valence-corrected chi connectivity index (χ3v) is 5.76. The second kappa shape index (κ2) is 8.00. The van der Waals surface area contributed by atoms with E-state index in [0.29, 0.717) is 23.1 Å².